The highest BCUT2D eigenvalue weighted by Gasteiger charge is 2.15. The van der Waals surface area contributed by atoms with Crippen LogP contribution in [0.1, 0.15) is 15.9 Å². The number of carbonyl (C=O) groups is 1. The first kappa shape index (κ1) is 20.6. The lowest BCUT2D eigenvalue weighted by Gasteiger charge is -2.12. The number of nitrogens with one attached hydrogen (secondary N) is 1. The van der Waals surface area contributed by atoms with Crippen molar-refractivity contribution < 1.29 is 9.18 Å². The number of fused-ring (bicyclic) bond motifs is 1. The van der Waals surface area contributed by atoms with Crippen molar-refractivity contribution in [2.75, 3.05) is 5.32 Å². The van der Waals surface area contributed by atoms with Crippen LogP contribution in [0.25, 0.3) is 33.3 Å². The number of carbonyl (C=O) groups excluding carboxylic acids is 1. The highest BCUT2D eigenvalue weighted by atomic mass is 19.1. The van der Waals surface area contributed by atoms with E-state index in [1.807, 2.05) is 61.5 Å². The molecule has 0 atom stereocenters. The van der Waals surface area contributed by atoms with Gasteiger partial charge < -0.3 is 5.32 Å². The normalized spacial score (nSPS) is 10.8. The number of para-hydroxylation sites is 1. The minimum atomic E-state index is -0.394. The van der Waals surface area contributed by atoms with Gasteiger partial charge >= 0.3 is 0 Å². The molecule has 0 radical (unpaired) electrons. The Kier molecular flexibility index (Phi) is 5.41. The van der Waals surface area contributed by atoms with Crippen LogP contribution in [0.3, 0.4) is 0 Å². The maximum Gasteiger partial charge on any atom is 0.256 e. The maximum absolute atomic E-state index is 13.7. The van der Waals surface area contributed by atoms with Gasteiger partial charge in [-0.2, -0.15) is 0 Å². The lowest BCUT2D eigenvalue weighted by Crippen LogP contribution is -2.14. The lowest BCUT2D eigenvalue weighted by molar-refractivity contribution is 0.102. The number of aromatic nitrogens is 1. The van der Waals surface area contributed by atoms with Crippen molar-refractivity contribution in [2.24, 2.45) is 0 Å². The first-order valence-electron chi connectivity index (χ1n) is 10.7. The van der Waals surface area contributed by atoms with Crippen molar-refractivity contribution in [3.05, 3.63) is 120 Å². The molecule has 0 unspecified atom stereocenters. The second-order valence-corrected chi connectivity index (χ2v) is 7.93. The molecule has 160 valence electrons. The van der Waals surface area contributed by atoms with Gasteiger partial charge in [0.25, 0.3) is 5.91 Å². The van der Waals surface area contributed by atoms with Crippen LogP contribution in [0, 0.1) is 12.7 Å². The molecule has 1 aromatic heterocycles. The molecule has 0 saturated heterocycles. The fraction of sp³-hybridized carbons (Fsp3) is 0.0345. The van der Waals surface area contributed by atoms with Crippen molar-refractivity contribution in [3.8, 4) is 22.4 Å². The average Bonchev–Trinajstić information content (AvgIpc) is 2.86. The van der Waals surface area contributed by atoms with Gasteiger partial charge in [0, 0.05) is 16.6 Å². The molecule has 3 nitrogen and oxygen atoms in total. The van der Waals surface area contributed by atoms with Crippen LogP contribution in [-0.2, 0) is 0 Å². The predicted octanol–water partition coefficient (Wildman–Crippen LogP) is 7.27. The summed E-state index contributed by atoms with van der Waals surface area (Å²) in [6.07, 6.45) is 0. The number of aryl methyl sites for hydroxylation is 1. The van der Waals surface area contributed by atoms with Gasteiger partial charge in [-0.3, -0.25) is 4.79 Å². The van der Waals surface area contributed by atoms with Gasteiger partial charge in [-0.1, -0.05) is 78.9 Å². The second kappa shape index (κ2) is 8.67. The fourth-order valence-electron chi connectivity index (χ4n) is 3.89. The van der Waals surface area contributed by atoms with Crippen LogP contribution in [0.5, 0.6) is 0 Å². The van der Waals surface area contributed by atoms with E-state index in [4.69, 9.17) is 4.98 Å². The molecule has 0 aliphatic heterocycles. The third kappa shape index (κ3) is 4.23. The summed E-state index contributed by atoms with van der Waals surface area (Å²) in [4.78, 5) is 18.0. The van der Waals surface area contributed by atoms with Gasteiger partial charge in [0.2, 0.25) is 0 Å². The number of rotatable bonds is 4. The SMILES string of the molecule is Cc1ccc(F)cc1NC(=O)c1cc(-c2ccc(-c3ccccc3)cc2)nc2ccccc12. The lowest BCUT2D eigenvalue weighted by atomic mass is 10.0. The highest BCUT2D eigenvalue weighted by Crippen LogP contribution is 2.28. The average molecular weight is 432 g/mol. The molecule has 1 amide bonds. The smallest absolute Gasteiger partial charge is 0.256 e. The first-order valence-corrected chi connectivity index (χ1v) is 10.7. The summed E-state index contributed by atoms with van der Waals surface area (Å²) in [5.74, 6) is -0.695. The highest BCUT2D eigenvalue weighted by molar-refractivity contribution is 6.13. The number of halogens is 1. The van der Waals surface area contributed by atoms with Crippen LogP contribution in [0.2, 0.25) is 0 Å². The molecule has 5 aromatic rings. The van der Waals surface area contributed by atoms with Crippen LogP contribution in [0.15, 0.2) is 103 Å². The molecule has 1 heterocycles. The van der Waals surface area contributed by atoms with Gasteiger partial charge in [0.15, 0.2) is 0 Å². The second-order valence-electron chi connectivity index (χ2n) is 7.93. The van der Waals surface area contributed by atoms with E-state index in [0.29, 0.717) is 16.9 Å². The van der Waals surface area contributed by atoms with E-state index in [1.54, 1.807) is 12.1 Å². The zero-order chi connectivity index (χ0) is 22.8. The molecule has 0 fully saturated rings. The summed E-state index contributed by atoms with van der Waals surface area (Å²) in [7, 11) is 0. The minimum Gasteiger partial charge on any atom is -0.322 e. The molecule has 4 aromatic carbocycles. The predicted molar refractivity (Wildman–Crippen MR) is 132 cm³/mol. The summed E-state index contributed by atoms with van der Waals surface area (Å²) < 4.78 is 13.7. The first-order chi connectivity index (χ1) is 16.1. The van der Waals surface area contributed by atoms with Crippen molar-refractivity contribution in [3.63, 3.8) is 0 Å². The van der Waals surface area contributed by atoms with Crippen LogP contribution >= 0.6 is 0 Å². The largest absolute Gasteiger partial charge is 0.322 e. The quantitative estimate of drug-likeness (QED) is 0.324. The molecule has 0 saturated carbocycles. The van der Waals surface area contributed by atoms with Crippen molar-refractivity contribution in [1.82, 2.24) is 4.98 Å². The third-order valence-corrected chi connectivity index (χ3v) is 5.70. The molecule has 5 rings (SSSR count). The van der Waals surface area contributed by atoms with Gasteiger partial charge in [-0.05, 0) is 47.9 Å². The van der Waals surface area contributed by atoms with E-state index >= 15 is 0 Å². The summed E-state index contributed by atoms with van der Waals surface area (Å²) in [6, 6.07) is 32.0. The molecule has 0 spiro atoms. The molecule has 33 heavy (non-hydrogen) atoms. The fourth-order valence-corrected chi connectivity index (χ4v) is 3.89. The van der Waals surface area contributed by atoms with Crippen LogP contribution in [-0.4, -0.2) is 10.9 Å². The van der Waals surface area contributed by atoms with E-state index in [2.05, 4.69) is 29.6 Å². The van der Waals surface area contributed by atoms with Gasteiger partial charge in [-0.15, -0.1) is 0 Å². The Labute approximate surface area is 191 Å². The van der Waals surface area contributed by atoms with Crippen molar-refractivity contribution in [2.45, 2.75) is 6.92 Å². The van der Waals surface area contributed by atoms with Gasteiger partial charge in [0.05, 0.1) is 16.8 Å². The standard InChI is InChI=1S/C29H21FN2O/c1-19-11-16-23(30)17-27(19)32-29(33)25-18-28(31-26-10-6-5-9-24(25)26)22-14-12-21(13-15-22)20-7-3-2-4-8-20/h2-18H,1H3,(H,32,33). The Balaban J connectivity index is 1.55. The molecular weight excluding hydrogens is 411 g/mol. The summed E-state index contributed by atoms with van der Waals surface area (Å²) in [5.41, 5.74) is 6.33. The Morgan fingerprint density at radius 1 is 0.758 bits per heavy atom. The number of amides is 1. The van der Waals surface area contributed by atoms with Gasteiger partial charge in [-0.25, -0.2) is 9.37 Å². The summed E-state index contributed by atoms with van der Waals surface area (Å²) >= 11 is 0. The molecule has 1 N–H and O–H groups in total. The summed E-state index contributed by atoms with van der Waals surface area (Å²) in [5, 5.41) is 3.61. The Morgan fingerprint density at radius 3 is 2.21 bits per heavy atom. The zero-order valence-corrected chi connectivity index (χ0v) is 18.0. The van der Waals surface area contributed by atoms with E-state index < -0.39 is 5.82 Å². The topological polar surface area (TPSA) is 42.0 Å². The van der Waals surface area contributed by atoms with Gasteiger partial charge in [0.1, 0.15) is 5.82 Å². The van der Waals surface area contributed by atoms with E-state index in [-0.39, 0.29) is 5.91 Å². The monoisotopic (exact) mass is 432 g/mol. The number of benzene rings is 4. The molecule has 0 aliphatic carbocycles. The molecule has 0 bridgehead atoms. The number of anilines is 1. The molecular formula is C29H21FN2O. The zero-order valence-electron chi connectivity index (χ0n) is 18.0. The van der Waals surface area contributed by atoms with Crippen molar-refractivity contribution in [1.29, 1.82) is 0 Å². The van der Waals surface area contributed by atoms with E-state index in [9.17, 15) is 9.18 Å². The van der Waals surface area contributed by atoms with E-state index in [1.165, 1.54) is 12.1 Å². The van der Waals surface area contributed by atoms with Crippen LogP contribution < -0.4 is 5.32 Å². The van der Waals surface area contributed by atoms with Crippen molar-refractivity contribution >= 4 is 22.5 Å². The Bertz CT molecular complexity index is 1460. The minimum absolute atomic E-state index is 0.301. The Morgan fingerprint density at radius 2 is 1.42 bits per heavy atom. The molecule has 0 aliphatic rings. The van der Waals surface area contributed by atoms with Crippen LogP contribution in [0.4, 0.5) is 10.1 Å². The number of nitrogens with zero attached hydrogens (tertiary/aromatic N) is 1. The number of pyridine rings is 1. The Hall–Kier alpha value is -4.31. The summed E-state index contributed by atoms with van der Waals surface area (Å²) in [6.45, 7) is 1.83. The maximum atomic E-state index is 13.7. The number of hydrogen-bond acceptors (Lipinski definition) is 2. The molecule has 4 heteroatoms. The van der Waals surface area contributed by atoms with E-state index in [0.717, 1.165) is 33.2 Å². The number of hydrogen-bond donors (Lipinski definition) is 1. The third-order valence-electron chi connectivity index (χ3n) is 5.70.